The van der Waals surface area contributed by atoms with Gasteiger partial charge in [-0.3, -0.25) is 0 Å². The molecule has 4 heteroatoms. The van der Waals surface area contributed by atoms with Crippen LogP contribution in [0.2, 0.25) is 0 Å². The Kier molecular flexibility index (Phi) is 3.85. The van der Waals surface area contributed by atoms with Crippen LogP contribution in [0.25, 0.3) is 0 Å². The molecule has 0 spiro atoms. The zero-order valence-corrected chi connectivity index (χ0v) is 12.0. The molecule has 1 N–H and O–H groups in total. The molecule has 0 fully saturated rings. The third-order valence-electron chi connectivity index (χ3n) is 3.88. The normalized spacial score (nSPS) is 23.2. The lowest BCUT2D eigenvalue weighted by Gasteiger charge is -2.23. The Labute approximate surface area is 108 Å². The number of hydrogen-bond donors (Lipinski definition) is 1. The second kappa shape index (κ2) is 5.04. The maximum absolute atomic E-state index is 5.65. The van der Waals surface area contributed by atoms with Gasteiger partial charge in [0.25, 0.3) is 0 Å². The fraction of sp³-hybridized carbons (Fsp3) is 0.769. The van der Waals surface area contributed by atoms with E-state index in [0.717, 1.165) is 11.4 Å². The number of aryl methyl sites for hydroxylation is 1. The first kappa shape index (κ1) is 13.0. The van der Waals surface area contributed by atoms with Crippen molar-refractivity contribution in [1.29, 1.82) is 0 Å². The number of nitrogens with zero attached hydrogens (tertiary/aromatic N) is 1. The van der Waals surface area contributed by atoms with Crippen LogP contribution >= 0.6 is 11.3 Å². The Morgan fingerprint density at radius 3 is 2.94 bits per heavy atom. The van der Waals surface area contributed by atoms with Gasteiger partial charge in [-0.15, -0.1) is 11.3 Å². The summed E-state index contributed by atoms with van der Waals surface area (Å²) in [5.41, 5.74) is 1.04. The van der Waals surface area contributed by atoms with Crippen LogP contribution in [-0.2, 0) is 16.8 Å². The SMILES string of the molecule is CCC(C)(OC)c1nc2c(s1)CCCC2NC. The molecule has 2 rings (SSSR count). The molecule has 96 valence electrons. The molecule has 0 amide bonds. The number of fused-ring (bicyclic) bond motifs is 1. The van der Waals surface area contributed by atoms with E-state index in [1.54, 1.807) is 7.11 Å². The number of ether oxygens (including phenoxy) is 1. The van der Waals surface area contributed by atoms with Crippen molar-refractivity contribution in [2.24, 2.45) is 0 Å². The first-order chi connectivity index (χ1) is 8.14. The Hall–Kier alpha value is -0.450. The standard InChI is InChI=1S/C13H22N2OS/c1-5-13(2,16-4)12-15-11-9(14-3)7-6-8-10(11)17-12/h9,14H,5-8H2,1-4H3. The van der Waals surface area contributed by atoms with E-state index in [9.17, 15) is 0 Å². The largest absolute Gasteiger partial charge is 0.371 e. The number of methoxy groups -OCH3 is 1. The molecule has 1 aromatic heterocycles. The minimum atomic E-state index is -0.222. The van der Waals surface area contributed by atoms with E-state index in [1.807, 2.05) is 18.4 Å². The third-order valence-corrected chi connectivity index (χ3v) is 5.26. The molecule has 1 aromatic rings. The van der Waals surface area contributed by atoms with E-state index >= 15 is 0 Å². The fourth-order valence-corrected chi connectivity index (χ4v) is 3.67. The van der Waals surface area contributed by atoms with Gasteiger partial charge in [-0.05, 0) is 39.7 Å². The summed E-state index contributed by atoms with van der Waals surface area (Å²) in [6.45, 7) is 4.28. The van der Waals surface area contributed by atoms with E-state index in [4.69, 9.17) is 9.72 Å². The van der Waals surface area contributed by atoms with Gasteiger partial charge in [0.15, 0.2) is 0 Å². The lowest BCUT2D eigenvalue weighted by atomic mass is 9.97. The van der Waals surface area contributed by atoms with Crippen LogP contribution in [0.5, 0.6) is 0 Å². The molecule has 1 aliphatic rings. The van der Waals surface area contributed by atoms with Gasteiger partial charge >= 0.3 is 0 Å². The molecular weight excluding hydrogens is 232 g/mol. The number of aromatic nitrogens is 1. The first-order valence-corrected chi connectivity index (χ1v) is 7.18. The minimum Gasteiger partial charge on any atom is -0.371 e. The van der Waals surface area contributed by atoms with E-state index in [-0.39, 0.29) is 5.60 Å². The summed E-state index contributed by atoms with van der Waals surface area (Å²) in [5.74, 6) is 0. The second-order valence-corrected chi connectivity index (χ2v) is 5.93. The lowest BCUT2D eigenvalue weighted by molar-refractivity contribution is -0.00172. The van der Waals surface area contributed by atoms with Crippen molar-refractivity contribution in [3.63, 3.8) is 0 Å². The van der Waals surface area contributed by atoms with Gasteiger partial charge in [-0.2, -0.15) is 0 Å². The second-order valence-electron chi connectivity index (χ2n) is 4.85. The Bertz CT molecular complexity index is 385. The molecule has 0 radical (unpaired) electrons. The van der Waals surface area contributed by atoms with Gasteiger partial charge < -0.3 is 10.1 Å². The van der Waals surface area contributed by atoms with Gasteiger partial charge in [0.1, 0.15) is 10.6 Å². The molecule has 0 saturated carbocycles. The van der Waals surface area contributed by atoms with Crippen LogP contribution < -0.4 is 5.32 Å². The van der Waals surface area contributed by atoms with Crippen molar-refractivity contribution in [3.05, 3.63) is 15.6 Å². The van der Waals surface area contributed by atoms with Crippen molar-refractivity contribution in [3.8, 4) is 0 Å². The number of thiazole rings is 1. The van der Waals surface area contributed by atoms with E-state index in [2.05, 4.69) is 19.2 Å². The smallest absolute Gasteiger partial charge is 0.125 e. The molecule has 2 unspecified atom stereocenters. The Morgan fingerprint density at radius 2 is 2.35 bits per heavy atom. The molecule has 3 nitrogen and oxygen atoms in total. The summed E-state index contributed by atoms with van der Waals surface area (Å²) in [4.78, 5) is 6.29. The third kappa shape index (κ3) is 2.26. The van der Waals surface area contributed by atoms with Crippen LogP contribution in [0.4, 0.5) is 0 Å². The molecule has 17 heavy (non-hydrogen) atoms. The Morgan fingerprint density at radius 1 is 1.59 bits per heavy atom. The van der Waals surface area contributed by atoms with Crippen LogP contribution in [0.15, 0.2) is 0 Å². The minimum absolute atomic E-state index is 0.222. The van der Waals surface area contributed by atoms with Crippen molar-refractivity contribution in [1.82, 2.24) is 10.3 Å². The van der Waals surface area contributed by atoms with Gasteiger partial charge in [0.05, 0.1) is 11.7 Å². The van der Waals surface area contributed by atoms with Gasteiger partial charge in [-0.25, -0.2) is 4.98 Å². The van der Waals surface area contributed by atoms with Crippen molar-refractivity contribution >= 4 is 11.3 Å². The summed E-state index contributed by atoms with van der Waals surface area (Å²) in [5, 5.41) is 4.50. The van der Waals surface area contributed by atoms with Crippen LogP contribution in [0.1, 0.15) is 54.7 Å². The zero-order chi connectivity index (χ0) is 12.5. The quantitative estimate of drug-likeness (QED) is 0.897. The molecular formula is C13H22N2OS. The molecule has 0 aliphatic heterocycles. The molecule has 0 saturated heterocycles. The maximum atomic E-state index is 5.65. The molecule has 1 heterocycles. The van der Waals surface area contributed by atoms with E-state index in [1.165, 1.54) is 29.8 Å². The molecule has 2 atom stereocenters. The maximum Gasteiger partial charge on any atom is 0.125 e. The van der Waals surface area contributed by atoms with Gasteiger partial charge in [0, 0.05) is 12.0 Å². The number of hydrogen-bond acceptors (Lipinski definition) is 4. The molecule has 1 aliphatic carbocycles. The summed E-state index contributed by atoms with van der Waals surface area (Å²) < 4.78 is 5.65. The average molecular weight is 254 g/mol. The summed E-state index contributed by atoms with van der Waals surface area (Å²) in [6, 6.07) is 0.432. The highest BCUT2D eigenvalue weighted by molar-refractivity contribution is 7.11. The van der Waals surface area contributed by atoms with Crippen LogP contribution in [0, 0.1) is 0 Å². The number of rotatable bonds is 4. The predicted molar refractivity (Wildman–Crippen MR) is 71.5 cm³/mol. The van der Waals surface area contributed by atoms with Crippen molar-refractivity contribution in [2.75, 3.05) is 14.2 Å². The first-order valence-electron chi connectivity index (χ1n) is 6.37. The monoisotopic (exact) mass is 254 g/mol. The molecule has 0 aromatic carbocycles. The fourth-order valence-electron chi connectivity index (χ4n) is 2.31. The Balaban J connectivity index is 2.36. The van der Waals surface area contributed by atoms with E-state index < -0.39 is 0 Å². The van der Waals surface area contributed by atoms with Crippen molar-refractivity contribution < 1.29 is 4.74 Å². The summed E-state index contributed by atoms with van der Waals surface area (Å²) in [7, 11) is 3.80. The predicted octanol–water partition coefficient (Wildman–Crippen LogP) is 3.01. The van der Waals surface area contributed by atoms with Crippen molar-refractivity contribution in [2.45, 2.75) is 51.2 Å². The van der Waals surface area contributed by atoms with Gasteiger partial charge in [0.2, 0.25) is 0 Å². The average Bonchev–Trinajstić information content (AvgIpc) is 2.81. The summed E-state index contributed by atoms with van der Waals surface area (Å²) >= 11 is 1.83. The highest BCUT2D eigenvalue weighted by Gasteiger charge is 2.32. The van der Waals surface area contributed by atoms with Crippen LogP contribution in [-0.4, -0.2) is 19.1 Å². The molecule has 0 bridgehead atoms. The van der Waals surface area contributed by atoms with Gasteiger partial charge in [-0.1, -0.05) is 6.92 Å². The number of nitrogens with one attached hydrogen (secondary N) is 1. The van der Waals surface area contributed by atoms with Crippen LogP contribution in [0.3, 0.4) is 0 Å². The summed E-state index contributed by atoms with van der Waals surface area (Å²) in [6.07, 6.45) is 4.59. The topological polar surface area (TPSA) is 34.1 Å². The van der Waals surface area contributed by atoms with E-state index in [0.29, 0.717) is 6.04 Å². The lowest BCUT2D eigenvalue weighted by Crippen LogP contribution is -2.24. The highest BCUT2D eigenvalue weighted by Crippen LogP contribution is 2.38. The zero-order valence-electron chi connectivity index (χ0n) is 11.2. The highest BCUT2D eigenvalue weighted by atomic mass is 32.1.